The molecule has 0 aliphatic carbocycles. The molecule has 7 heteroatoms. The van der Waals surface area contributed by atoms with Crippen LogP contribution in [0.2, 0.25) is 0 Å². The highest BCUT2D eigenvalue weighted by atomic mass is 32.2. The third-order valence-corrected chi connectivity index (χ3v) is 7.52. The summed E-state index contributed by atoms with van der Waals surface area (Å²) in [7, 11) is -1.26. The van der Waals surface area contributed by atoms with Gasteiger partial charge < -0.3 is 10.2 Å². The quantitative estimate of drug-likeness (QED) is 0.594. The monoisotopic (exact) mass is 476 g/mol. The lowest BCUT2D eigenvalue weighted by Crippen LogP contribution is -2.46. The SMILES string of the molecule is CC(C)(C)CC(=O)NC1CCN(CCS(=O)C(c2ccc(F)cc2)c2ccc(F)cc2)CC1. The van der Waals surface area contributed by atoms with E-state index < -0.39 is 16.0 Å². The molecule has 1 fully saturated rings. The first-order valence-electron chi connectivity index (χ1n) is 11.5. The summed E-state index contributed by atoms with van der Waals surface area (Å²) in [5.41, 5.74) is 1.48. The largest absolute Gasteiger partial charge is 0.353 e. The molecule has 1 aliphatic rings. The number of hydrogen-bond donors (Lipinski definition) is 1. The standard InChI is InChI=1S/C26H34F2N2O2S/c1-26(2,3)18-24(31)29-23-12-14-30(15-13-23)16-17-33(32)25(19-4-8-21(27)9-5-19)20-6-10-22(28)11-7-20/h4-11,23,25H,12-18H2,1-3H3,(H,29,31). The lowest BCUT2D eigenvalue weighted by molar-refractivity contribution is -0.123. The van der Waals surface area contributed by atoms with Crippen molar-refractivity contribution in [2.75, 3.05) is 25.4 Å². The lowest BCUT2D eigenvalue weighted by atomic mass is 9.91. The van der Waals surface area contributed by atoms with E-state index in [1.807, 2.05) is 0 Å². The number of halogens is 2. The van der Waals surface area contributed by atoms with Gasteiger partial charge in [-0.05, 0) is 53.6 Å². The van der Waals surface area contributed by atoms with Gasteiger partial charge in [0.05, 0.1) is 5.25 Å². The van der Waals surface area contributed by atoms with E-state index in [1.165, 1.54) is 24.3 Å². The van der Waals surface area contributed by atoms with E-state index in [4.69, 9.17) is 0 Å². The highest BCUT2D eigenvalue weighted by molar-refractivity contribution is 7.85. The zero-order chi connectivity index (χ0) is 24.0. The number of benzene rings is 2. The third kappa shape index (κ3) is 8.00. The van der Waals surface area contributed by atoms with Gasteiger partial charge in [0.2, 0.25) is 5.91 Å². The summed E-state index contributed by atoms with van der Waals surface area (Å²) < 4.78 is 40.2. The van der Waals surface area contributed by atoms with Gasteiger partial charge in [-0.3, -0.25) is 9.00 Å². The zero-order valence-electron chi connectivity index (χ0n) is 19.7. The maximum atomic E-state index is 13.4. The third-order valence-electron chi connectivity index (χ3n) is 5.86. The molecule has 1 heterocycles. The van der Waals surface area contributed by atoms with E-state index in [0.717, 1.165) is 37.1 Å². The van der Waals surface area contributed by atoms with Crippen molar-refractivity contribution in [3.63, 3.8) is 0 Å². The zero-order valence-corrected chi connectivity index (χ0v) is 20.5. The molecule has 0 radical (unpaired) electrons. The van der Waals surface area contributed by atoms with Gasteiger partial charge in [-0.2, -0.15) is 0 Å². The fourth-order valence-electron chi connectivity index (χ4n) is 4.17. The number of hydrogen-bond acceptors (Lipinski definition) is 3. The summed E-state index contributed by atoms with van der Waals surface area (Å²) in [6, 6.07) is 12.2. The molecule has 1 N–H and O–H groups in total. The molecule has 1 amide bonds. The van der Waals surface area contributed by atoms with Crippen molar-refractivity contribution in [3.8, 4) is 0 Å². The van der Waals surface area contributed by atoms with E-state index in [1.54, 1.807) is 24.3 Å². The van der Waals surface area contributed by atoms with Crippen LogP contribution in [-0.2, 0) is 15.6 Å². The second-order valence-electron chi connectivity index (χ2n) is 9.99. The molecule has 0 spiro atoms. The molecule has 1 saturated heterocycles. The molecule has 3 rings (SSSR count). The topological polar surface area (TPSA) is 49.4 Å². The van der Waals surface area contributed by atoms with Gasteiger partial charge in [0.15, 0.2) is 0 Å². The molecule has 180 valence electrons. The van der Waals surface area contributed by atoms with Crippen molar-refractivity contribution >= 4 is 16.7 Å². The van der Waals surface area contributed by atoms with Crippen LogP contribution in [0.1, 0.15) is 56.4 Å². The molecule has 0 saturated carbocycles. The molecule has 33 heavy (non-hydrogen) atoms. The maximum Gasteiger partial charge on any atom is 0.220 e. The smallest absolute Gasteiger partial charge is 0.220 e. The van der Waals surface area contributed by atoms with Crippen molar-refractivity contribution in [1.82, 2.24) is 10.2 Å². The van der Waals surface area contributed by atoms with Crippen molar-refractivity contribution in [2.24, 2.45) is 5.41 Å². The normalized spacial score (nSPS) is 16.7. The summed E-state index contributed by atoms with van der Waals surface area (Å²) >= 11 is 0. The van der Waals surface area contributed by atoms with Crippen LogP contribution in [0, 0.1) is 17.0 Å². The number of carbonyl (C=O) groups excluding carboxylic acids is 1. The predicted molar refractivity (Wildman–Crippen MR) is 129 cm³/mol. The molecular formula is C26H34F2N2O2S. The van der Waals surface area contributed by atoms with Gasteiger partial charge in [0.1, 0.15) is 11.6 Å². The van der Waals surface area contributed by atoms with Crippen LogP contribution in [-0.4, -0.2) is 46.4 Å². The van der Waals surface area contributed by atoms with Gasteiger partial charge in [0, 0.05) is 48.6 Å². The average Bonchev–Trinajstić information content (AvgIpc) is 2.75. The van der Waals surface area contributed by atoms with Crippen LogP contribution in [0.5, 0.6) is 0 Å². The number of carbonyl (C=O) groups is 1. The van der Waals surface area contributed by atoms with Crippen LogP contribution in [0.25, 0.3) is 0 Å². The molecule has 0 aromatic heterocycles. The first-order chi connectivity index (χ1) is 15.6. The minimum atomic E-state index is -1.26. The Morgan fingerprint density at radius 1 is 1.00 bits per heavy atom. The number of amides is 1. The van der Waals surface area contributed by atoms with Crippen molar-refractivity contribution in [3.05, 3.63) is 71.3 Å². The number of nitrogens with zero attached hydrogens (tertiary/aromatic N) is 1. The highest BCUT2D eigenvalue weighted by Gasteiger charge is 2.25. The molecule has 1 atom stereocenters. The van der Waals surface area contributed by atoms with Gasteiger partial charge in [0.25, 0.3) is 0 Å². The summed E-state index contributed by atoms with van der Waals surface area (Å²) in [6.45, 7) is 8.53. The Bertz CT molecular complexity index is 889. The lowest BCUT2D eigenvalue weighted by Gasteiger charge is -2.33. The Labute approximate surface area is 198 Å². The average molecular weight is 477 g/mol. The van der Waals surface area contributed by atoms with Crippen molar-refractivity contribution in [2.45, 2.75) is 51.3 Å². The summed E-state index contributed by atoms with van der Waals surface area (Å²) in [5, 5.41) is 2.70. The highest BCUT2D eigenvalue weighted by Crippen LogP contribution is 2.29. The van der Waals surface area contributed by atoms with Crippen LogP contribution < -0.4 is 5.32 Å². The Morgan fingerprint density at radius 3 is 1.94 bits per heavy atom. The molecule has 1 aliphatic heterocycles. The van der Waals surface area contributed by atoms with Crippen molar-refractivity contribution < 1.29 is 17.8 Å². The van der Waals surface area contributed by atoms with Crippen LogP contribution in [0.3, 0.4) is 0 Å². The Kier molecular flexibility index (Phi) is 8.76. The van der Waals surface area contributed by atoms with Crippen LogP contribution in [0.15, 0.2) is 48.5 Å². The van der Waals surface area contributed by atoms with E-state index in [-0.39, 0.29) is 29.0 Å². The second-order valence-corrected chi connectivity index (χ2v) is 11.6. The number of nitrogens with one attached hydrogen (secondary N) is 1. The molecule has 2 aromatic rings. The number of likely N-dealkylation sites (tertiary alicyclic amines) is 1. The first-order valence-corrected chi connectivity index (χ1v) is 12.9. The van der Waals surface area contributed by atoms with E-state index in [0.29, 0.717) is 18.7 Å². The summed E-state index contributed by atoms with van der Waals surface area (Å²) in [5.74, 6) is -0.135. The van der Waals surface area contributed by atoms with Gasteiger partial charge in [-0.25, -0.2) is 8.78 Å². The van der Waals surface area contributed by atoms with E-state index in [9.17, 15) is 17.8 Å². The fraction of sp³-hybridized carbons (Fsp3) is 0.500. The predicted octanol–water partition coefficient (Wildman–Crippen LogP) is 4.82. The Hall–Kier alpha value is -2.12. The Morgan fingerprint density at radius 2 is 1.48 bits per heavy atom. The molecule has 1 unspecified atom stereocenters. The van der Waals surface area contributed by atoms with Crippen LogP contribution >= 0.6 is 0 Å². The second kappa shape index (κ2) is 11.3. The molecule has 4 nitrogen and oxygen atoms in total. The number of rotatable bonds is 8. The minimum absolute atomic E-state index is 0.0273. The van der Waals surface area contributed by atoms with E-state index in [2.05, 4.69) is 31.0 Å². The van der Waals surface area contributed by atoms with Crippen molar-refractivity contribution in [1.29, 1.82) is 0 Å². The molecule has 0 bridgehead atoms. The molecule has 2 aromatic carbocycles. The van der Waals surface area contributed by atoms with Crippen LogP contribution in [0.4, 0.5) is 8.78 Å². The number of piperidine rings is 1. The summed E-state index contributed by atoms with van der Waals surface area (Å²) in [6.07, 6.45) is 2.27. The fourth-order valence-corrected chi connectivity index (χ4v) is 5.76. The van der Waals surface area contributed by atoms with Gasteiger partial charge in [-0.15, -0.1) is 0 Å². The molecular weight excluding hydrogens is 442 g/mol. The summed E-state index contributed by atoms with van der Waals surface area (Å²) in [4.78, 5) is 14.5. The first kappa shape index (κ1) is 25.5. The van der Waals surface area contributed by atoms with Gasteiger partial charge >= 0.3 is 0 Å². The van der Waals surface area contributed by atoms with E-state index >= 15 is 0 Å². The maximum absolute atomic E-state index is 13.4. The Balaban J connectivity index is 1.56. The van der Waals surface area contributed by atoms with Gasteiger partial charge in [-0.1, -0.05) is 45.0 Å². The minimum Gasteiger partial charge on any atom is -0.353 e.